The Kier molecular flexibility index (Phi) is 6.23. The van der Waals surface area contributed by atoms with Gasteiger partial charge in [-0.3, -0.25) is 9.69 Å². The first kappa shape index (κ1) is 18.1. The molecule has 1 saturated heterocycles. The Balaban J connectivity index is 1.59. The van der Waals surface area contributed by atoms with E-state index in [2.05, 4.69) is 28.4 Å². The highest BCUT2D eigenvalue weighted by Gasteiger charge is 2.25. The Bertz CT molecular complexity index is 725. The molecule has 134 valence electrons. The molecule has 1 aliphatic rings. The zero-order valence-electron chi connectivity index (χ0n) is 14.2. The number of oxime groups is 1. The van der Waals surface area contributed by atoms with Gasteiger partial charge < -0.3 is 9.94 Å². The van der Waals surface area contributed by atoms with Crippen molar-refractivity contribution in [3.63, 3.8) is 0 Å². The van der Waals surface area contributed by atoms with E-state index in [1.165, 1.54) is 5.56 Å². The van der Waals surface area contributed by atoms with Gasteiger partial charge in [0.25, 0.3) is 0 Å². The summed E-state index contributed by atoms with van der Waals surface area (Å²) in [6.45, 7) is 4.78. The highest BCUT2D eigenvalue weighted by Crippen LogP contribution is 2.23. The van der Waals surface area contributed by atoms with Crippen molar-refractivity contribution in [1.29, 1.82) is 0 Å². The molecule has 5 nitrogen and oxygen atoms in total. The fourth-order valence-corrected chi connectivity index (χ4v) is 4.66. The maximum Gasteiger partial charge on any atom is 0.307 e. The molecule has 0 aliphatic carbocycles. The molecule has 0 saturated carbocycles. The zero-order chi connectivity index (χ0) is 17.6. The van der Waals surface area contributed by atoms with Crippen LogP contribution < -0.4 is 0 Å². The molecule has 1 fully saturated rings. The minimum Gasteiger partial charge on any atom is -0.481 e. The van der Waals surface area contributed by atoms with E-state index in [9.17, 15) is 4.79 Å². The van der Waals surface area contributed by atoms with Gasteiger partial charge in [-0.05, 0) is 54.8 Å². The molecule has 1 N–H and O–H groups in total. The summed E-state index contributed by atoms with van der Waals surface area (Å²) in [6, 6.07) is 6.15. The van der Waals surface area contributed by atoms with Crippen molar-refractivity contribution >= 4 is 34.4 Å². The fourth-order valence-electron chi connectivity index (χ4n) is 2.97. The number of nitrogens with zero attached hydrogens (tertiary/aromatic N) is 2. The summed E-state index contributed by atoms with van der Waals surface area (Å²) in [5.74, 6) is -0.954. The molecule has 3 rings (SSSR count). The second-order valence-electron chi connectivity index (χ2n) is 6.16. The van der Waals surface area contributed by atoms with Gasteiger partial charge in [-0.15, -0.1) is 22.7 Å². The Labute approximate surface area is 155 Å². The number of carboxylic acid groups (broad SMARTS) is 1. The predicted molar refractivity (Wildman–Crippen MR) is 102 cm³/mol. The Morgan fingerprint density at radius 3 is 2.96 bits per heavy atom. The molecule has 3 heterocycles. The number of hydrogen-bond donors (Lipinski definition) is 1. The van der Waals surface area contributed by atoms with Crippen molar-refractivity contribution in [3.05, 3.63) is 44.3 Å². The molecule has 2 aromatic rings. The monoisotopic (exact) mass is 378 g/mol. The van der Waals surface area contributed by atoms with Gasteiger partial charge in [0.2, 0.25) is 0 Å². The minimum absolute atomic E-state index is 0.257. The normalized spacial score (nSPS) is 19.1. The van der Waals surface area contributed by atoms with E-state index in [4.69, 9.17) is 9.94 Å². The number of rotatable bonds is 7. The topological polar surface area (TPSA) is 62.1 Å². The van der Waals surface area contributed by atoms with E-state index in [0.717, 1.165) is 34.9 Å². The number of aliphatic carboxylic acids is 1. The molecule has 7 heteroatoms. The first-order valence-corrected chi connectivity index (χ1v) is 10.1. The lowest BCUT2D eigenvalue weighted by atomic mass is 9.98. The third kappa shape index (κ3) is 4.68. The number of carbonyl (C=O) groups is 1. The van der Waals surface area contributed by atoms with Crippen LogP contribution >= 0.6 is 22.7 Å². The third-order valence-electron chi connectivity index (χ3n) is 4.34. The summed E-state index contributed by atoms with van der Waals surface area (Å²) in [4.78, 5) is 21.1. The summed E-state index contributed by atoms with van der Waals surface area (Å²) < 4.78 is 0. The average Bonchev–Trinajstić information content (AvgIpc) is 3.27. The molecule has 0 amide bonds. The van der Waals surface area contributed by atoms with E-state index in [0.29, 0.717) is 19.7 Å². The van der Waals surface area contributed by atoms with Crippen molar-refractivity contribution in [3.8, 4) is 0 Å². The maximum atomic E-state index is 11.1. The van der Waals surface area contributed by atoms with E-state index in [1.54, 1.807) is 22.7 Å². The van der Waals surface area contributed by atoms with E-state index in [1.807, 2.05) is 17.5 Å². The van der Waals surface area contributed by atoms with E-state index >= 15 is 0 Å². The van der Waals surface area contributed by atoms with Gasteiger partial charge in [0.15, 0.2) is 0 Å². The molecule has 1 aliphatic heterocycles. The van der Waals surface area contributed by atoms with Crippen molar-refractivity contribution in [2.75, 3.05) is 26.2 Å². The first-order chi connectivity index (χ1) is 12.1. The van der Waals surface area contributed by atoms with Gasteiger partial charge >= 0.3 is 5.97 Å². The van der Waals surface area contributed by atoms with Crippen LogP contribution in [0.15, 0.2) is 34.1 Å². The number of thiophene rings is 2. The molecule has 2 aromatic heterocycles. The molecule has 1 unspecified atom stereocenters. The smallest absolute Gasteiger partial charge is 0.307 e. The van der Waals surface area contributed by atoms with Gasteiger partial charge in [-0.2, -0.15) is 0 Å². The molecule has 0 radical (unpaired) electrons. The zero-order valence-corrected chi connectivity index (χ0v) is 15.8. The predicted octanol–water partition coefficient (Wildman–Crippen LogP) is 3.68. The van der Waals surface area contributed by atoms with Gasteiger partial charge in [0.1, 0.15) is 12.3 Å². The third-order valence-corrected chi connectivity index (χ3v) is 6.24. The fraction of sp³-hybridized carbons (Fsp3) is 0.444. The Hall–Kier alpha value is -1.70. The lowest BCUT2D eigenvalue weighted by molar-refractivity contribution is -0.143. The second-order valence-corrected chi connectivity index (χ2v) is 8.02. The van der Waals surface area contributed by atoms with E-state index < -0.39 is 5.97 Å². The number of likely N-dealkylation sites (tertiary alicyclic amines) is 1. The SMILES string of the molecule is Cc1ccsc1C(=NOCCN1CCCC(C(=O)O)C1)c1cccs1. The van der Waals surface area contributed by atoms with Crippen molar-refractivity contribution in [1.82, 2.24) is 4.90 Å². The largest absolute Gasteiger partial charge is 0.481 e. The molecule has 0 spiro atoms. The molecular formula is C18H22N2O3S2. The average molecular weight is 379 g/mol. The van der Waals surface area contributed by atoms with Gasteiger partial charge in [-0.1, -0.05) is 11.2 Å². The molecule has 0 aromatic carbocycles. The minimum atomic E-state index is -0.697. The second kappa shape index (κ2) is 8.60. The van der Waals surface area contributed by atoms with Gasteiger partial charge in [0, 0.05) is 13.1 Å². The van der Waals surface area contributed by atoms with Crippen LogP contribution in [0.1, 0.15) is 28.2 Å². The van der Waals surface area contributed by atoms with Crippen LogP contribution in [0.4, 0.5) is 0 Å². The number of carboxylic acids is 1. The summed E-state index contributed by atoms with van der Waals surface area (Å²) >= 11 is 3.31. The molecular weight excluding hydrogens is 356 g/mol. The standard InChI is InChI=1S/C18H22N2O3S2/c1-13-6-11-25-17(13)16(15-5-3-10-24-15)19-23-9-8-20-7-2-4-14(12-20)18(21)22/h3,5-6,10-11,14H,2,4,7-9,12H2,1H3,(H,21,22). The summed E-state index contributed by atoms with van der Waals surface area (Å²) in [6.07, 6.45) is 1.69. The van der Waals surface area contributed by atoms with Crippen molar-refractivity contribution < 1.29 is 14.7 Å². The Morgan fingerprint density at radius 1 is 1.40 bits per heavy atom. The quantitative estimate of drug-likeness (QED) is 0.453. The van der Waals surface area contributed by atoms with Crippen LogP contribution in [0.5, 0.6) is 0 Å². The number of hydrogen-bond acceptors (Lipinski definition) is 6. The highest BCUT2D eigenvalue weighted by atomic mass is 32.1. The Morgan fingerprint density at radius 2 is 2.28 bits per heavy atom. The summed E-state index contributed by atoms with van der Waals surface area (Å²) in [5, 5.41) is 17.7. The van der Waals surface area contributed by atoms with Crippen LogP contribution in [-0.2, 0) is 9.63 Å². The molecule has 1 atom stereocenters. The van der Waals surface area contributed by atoms with Gasteiger partial charge in [-0.25, -0.2) is 0 Å². The highest BCUT2D eigenvalue weighted by molar-refractivity contribution is 7.16. The van der Waals surface area contributed by atoms with Crippen molar-refractivity contribution in [2.45, 2.75) is 19.8 Å². The summed E-state index contributed by atoms with van der Waals surface area (Å²) in [5.41, 5.74) is 2.07. The number of aryl methyl sites for hydroxylation is 1. The first-order valence-electron chi connectivity index (χ1n) is 8.38. The van der Waals surface area contributed by atoms with Crippen LogP contribution in [0.25, 0.3) is 0 Å². The van der Waals surface area contributed by atoms with E-state index in [-0.39, 0.29) is 5.92 Å². The summed E-state index contributed by atoms with van der Waals surface area (Å²) in [7, 11) is 0. The van der Waals surface area contributed by atoms with Crippen LogP contribution in [0.3, 0.4) is 0 Å². The lowest BCUT2D eigenvalue weighted by Crippen LogP contribution is -2.40. The van der Waals surface area contributed by atoms with Crippen LogP contribution in [0.2, 0.25) is 0 Å². The molecule has 0 bridgehead atoms. The van der Waals surface area contributed by atoms with Gasteiger partial charge in [0.05, 0.1) is 15.7 Å². The van der Waals surface area contributed by atoms with Crippen molar-refractivity contribution in [2.24, 2.45) is 11.1 Å². The molecule has 25 heavy (non-hydrogen) atoms. The van der Waals surface area contributed by atoms with Crippen LogP contribution in [-0.4, -0.2) is 47.9 Å². The lowest BCUT2D eigenvalue weighted by Gasteiger charge is -2.29. The number of piperidine rings is 1. The van der Waals surface area contributed by atoms with Crippen LogP contribution in [0, 0.1) is 12.8 Å². The maximum absolute atomic E-state index is 11.1.